The number of nitrogens with zero attached hydrogens (tertiary/aromatic N) is 1. The minimum Gasteiger partial charge on any atom is -0.356 e. The van der Waals surface area contributed by atoms with Crippen LogP contribution < -0.4 is 5.32 Å². The normalized spacial score (nSPS) is 22.4. The summed E-state index contributed by atoms with van der Waals surface area (Å²) in [4.78, 5) is 13.9. The lowest BCUT2D eigenvalue weighted by Gasteiger charge is -2.33. The third-order valence-electron chi connectivity index (χ3n) is 3.39. The topological polar surface area (TPSA) is 32.3 Å². The van der Waals surface area contributed by atoms with Crippen LogP contribution in [0.1, 0.15) is 46.5 Å². The minimum absolute atomic E-state index is 0.105. The first kappa shape index (κ1) is 13.5. The van der Waals surface area contributed by atoms with Gasteiger partial charge in [-0.1, -0.05) is 20.3 Å². The number of carbonyl (C=O) groups excluding carboxylic acids is 1. The molecule has 1 rings (SSSR count). The highest BCUT2D eigenvalue weighted by Crippen LogP contribution is 2.15. The van der Waals surface area contributed by atoms with E-state index < -0.39 is 0 Å². The largest absolute Gasteiger partial charge is 0.356 e. The van der Waals surface area contributed by atoms with Gasteiger partial charge in [0.15, 0.2) is 0 Å². The van der Waals surface area contributed by atoms with Gasteiger partial charge in [0.1, 0.15) is 0 Å². The van der Waals surface area contributed by atoms with E-state index in [0.29, 0.717) is 0 Å². The Morgan fingerprint density at radius 1 is 1.44 bits per heavy atom. The summed E-state index contributed by atoms with van der Waals surface area (Å²) in [5, 5.41) is 2.97. The average Bonchev–Trinajstić information content (AvgIpc) is 2.26. The van der Waals surface area contributed by atoms with E-state index in [9.17, 15) is 4.79 Å². The predicted molar refractivity (Wildman–Crippen MR) is 67.4 cm³/mol. The number of hydrogen-bond donors (Lipinski definition) is 1. The molecular formula is C13H26N2O. The molecule has 1 amide bonds. The lowest BCUT2D eigenvalue weighted by molar-refractivity contribution is -0.123. The molecule has 0 radical (unpaired) electrons. The van der Waals surface area contributed by atoms with Crippen LogP contribution in [0.4, 0.5) is 0 Å². The van der Waals surface area contributed by atoms with Gasteiger partial charge in [-0.2, -0.15) is 0 Å². The number of nitrogens with one attached hydrogen (secondary N) is 1. The van der Waals surface area contributed by atoms with Crippen molar-refractivity contribution in [2.45, 2.75) is 52.5 Å². The number of rotatable bonds is 5. The van der Waals surface area contributed by atoms with Crippen molar-refractivity contribution in [1.82, 2.24) is 10.2 Å². The van der Waals surface area contributed by atoms with Crippen molar-refractivity contribution in [1.29, 1.82) is 0 Å². The molecular weight excluding hydrogens is 200 g/mol. The molecule has 1 aliphatic rings. The van der Waals surface area contributed by atoms with Gasteiger partial charge in [0.05, 0.1) is 0 Å². The number of piperidine rings is 1. The van der Waals surface area contributed by atoms with Gasteiger partial charge in [-0.15, -0.1) is 0 Å². The second-order valence-corrected chi connectivity index (χ2v) is 5.18. The van der Waals surface area contributed by atoms with Gasteiger partial charge in [-0.3, -0.25) is 4.79 Å². The Labute approximate surface area is 99.6 Å². The Kier molecular flexibility index (Phi) is 5.81. The fraction of sp³-hybridized carbons (Fsp3) is 0.923. The van der Waals surface area contributed by atoms with E-state index >= 15 is 0 Å². The number of carbonyl (C=O) groups is 1. The van der Waals surface area contributed by atoms with Gasteiger partial charge in [0.25, 0.3) is 0 Å². The van der Waals surface area contributed by atoms with E-state index in [4.69, 9.17) is 0 Å². The Morgan fingerprint density at radius 2 is 2.19 bits per heavy atom. The molecule has 94 valence electrons. The molecule has 1 atom stereocenters. The molecule has 0 spiro atoms. The molecule has 0 bridgehead atoms. The molecule has 3 nitrogen and oxygen atoms in total. The van der Waals surface area contributed by atoms with Gasteiger partial charge in [-0.05, 0) is 32.7 Å². The molecule has 1 heterocycles. The second-order valence-electron chi connectivity index (χ2n) is 5.18. The number of amides is 1. The predicted octanol–water partition coefficient (Wildman–Crippen LogP) is 2.02. The van der Waals surface area contributed by atoms with Crippen LogP contribution in [-0.2, 0) is 4.79 Å². The fourth-order valence-electron chi connectivity index (χ4n) is 2.19. The fourth-order valence-corrected chi connectivity index (χ4v) is 2.19. The van der Waals surface area contributed by atoms with Crippen molar-refractivity contribution in [3.8, 4) is 0 Å². The van der Waals surface area contributed by atoms with Crippen molar-refractivity contribution in [3.05, 3.63) is 0 Å². The van der Waals surface area contributed by atoms with Crippen LogP contribution in [0, 0.1) is 5.92 Å². The van der Waals surface area contributed by atoms with Crippen LogP contribution in [0.2, 0.25) is 0 Å². The molecule has 1 N–H and O–H groups in total. The third-order valence-corrected chi connectivity index (χ3v) is 3.39. The summed E-state index contributed by atoms with van der Waals surface area (Å²) in [6, 6.07) is 0.731. The van der Waals surface area contributed by atoms with Crippen molar-refractivity contribution >= 4 is 5.91 Å². The number of hydrogen-bond acceptors (Lipinski definition) is 2. The quantitative estimate of drug-likeness (QED) is 0.727. The van der Waals surface area contributed by atoms with Crippen LogP contribution in [0.25, 0.3) is 0 Å². The summed E-state index contributed by atoms with van der Waals surface area (Å²) in [6.45, 7) is 9.36. The Hall–Kier alpha value is -0.570. The highest BCUT2D eigenvalue weighted by molar-refractivity contribution is 5.77. The van der Waals surface area contributed by atoms with Crippen molar-refractivity contribution < 1.29 is 4.79 Å². The summed E-state index contributed by atoms with van der Waals surface area (Å²) in [6.07, 6.45) is 5.12. The van der Waals surface area contributed by atoms with E-state index in [1.807, 2.05) is 13.8 Å². The first-order chi connectivity index (χ1) is 7.61. The van der Waals surface area contributed by atoms with Crippen LogP contribution in [0.3, 0.4) is 0 Å². The number of likely N-dealkylation sites (tertiary alicyclic amines) is 1. The Balaban J connectivity index is 2.08. The first-order valence-corrected chi connectivity index (χ1v) is 6.63. The zero-order chi connectivity index (χ0) is 12.0. The molecule has 0 aromatic heterocycles. The Bertz CT molecular complexity index is 216. The highest BCUT2D eigenvalue weighted by Gasteiger charge is 2.17. The molecule has 0 aromatic carbocycles. The van der Waals surface area contributed by atoms with Gasteiger partial charge < -0.3 is 10.2 Å². The molecule has 1 fully saturated rings. The maximum absolute atomic E-state index is 11.3. The van der Waals surface area contributed by atoms with E-state index in [-0.39, 0.29) is 11.8 Å². The van der Waals surface area contributed by atoms with Crippen LogP contribution in [0.15, 0.2) is 0 Å². The van der Waals surface area contributed by atoms with Crippen LogP contribution >= 0.6 is 0 Å². The minimum atomic E-state index is 0.105. The zero-order valence-electron chi connectivity index (χ0n) is 11.0. The SMILES string of the molecule is CC(C)C(=O)NCCCN1CCCCC1C. The highest BCUT2D eigenvalue weighted by atomic mass is 16.1. The third kappa shape index (κ3) is 4.52. The average molecular weight is 226 g/mol. The van der Waals surface area contributed by atoms with Crippen LogP contribution in [-0.4, -0.2) is 36.5 Å². The Morgan fingerprint density at radius 3 is 2.81 bits per heavy atom. The van der Waals surface area contributed by atoms with Crippen molar-refractivity contribution in [3.63, 3.8) is 0 Å². The van der Waals surface area contributed by atoms with Crippen LogP contribution in [0.5, 0.6) is 0 Å². The summed E-state index contributed by atoms with van der Waals surface area (Å²) in [7, 11) is 0. The van der Waals surface area contributed by atoms with Gasteiger partial charge in [0.2, 0.25) is 5.91 Å². The maximum atomic E-state index is 11.3. The zero-order valence-corrected chi connectivity index (χ0v) is 11.0. The molecule has 3 heteroatoms. The van der Waals surface area contributed by atoms with E-state index in [0.717, 1.165) is 25.6 Å². The molecule has 1 unspecified atom stereocenters. The summed E-state index contributed by atoms with van der Waals surface area (Å²) < 4.78 is 0. The maximum Gasteiger partial charge on any atom is 0.222 e. The second kappa shape index (κ2) is 6.89. The van der Waals surface area contributed by atoms with Gasteiger partial charge in [0, 0.05) is 25.0 Å². The summed E-state index contributed by atoms with van der Waals surface area (Å²) in [5.74, 6) is 0.278. The van der Waals surface area contributed by atoms with Gasteiger partial charge in [-0.25, -0.2) is 0 Å². The molecule has 0 saturated carbocycles. The standard InChI is InChI=1S/C13H26N2O/c1-11(2)13(16)14-8-6-10-15-9-5-4-7-12(15)3/h11-12H,4-10H2,1-3H3,(H,14,16). The van der Waals surface area contributed by atoms with E-state index in [2.05, 4.69) is 17.1 Å². The first-order valence-electron chi connectivity index (χ1n) is 6.63. The molecule has 16 heavy (non-hydrogen) atoms. The smallest absolute Gasteiger partial charge is 0.222 e. The van der Waals surface area contributed by atoms with Crippen molar-refractivity contribution in [2.75, 3.05) is 19.6 Å². The summed E-state index contributed by atoms with van der Waals surface area (Å²) in [5.41, 5.74) is 0. The lowest BCUT2D eigenvalue weighted by atomic mass is 10.0. The van der Waals surface area contributed by atoms with E-state index in [1.54, 1.807) is 0 Å². The monoisotopic (exact) mass is 226 g/mol. The molecule has 1 aliphatic heterocycles. The van der Waals surface area contributed by atoms with E-state index in [1.165, 1.54) is 25.8 Å². The molecule has 0 aromatic rings. The summed E-state index contributed by atoms with van der Waals surface area (Å²) >= 11 is 0. The van der Waals surface area contributed by atoms with Crippen molar-refractivity contribution in [2.24, 2.45) is 5.92 Å². The molecule has 0 aliphatic carbocycles. The molecule has 1 saturated heterocycles. The lowest BCUT2D eigenvalue weighted by Crippen LogP contribution is -2.39. The van der Waals surface area contributed by atoms with Gasteiger partial charge >= 0.3 is 0 Å².